The van der Waals surface area contributed by atoms with Gasteiger partial charge in [0.2, 0.25) is 5.91 Å². The molecule has 1 saturated heterocycles. The molecule has 1 aliphatic heterocycles. The van der Waals surface area contributed by atoms with Crippen molar-refractivity contribution in [2.75, 3.05) is 6.54 Å². The van der Waals surface area contributed by atoms with Gasteiger partial charge in [0.15, 0.2) is 0 Å². The van der Waals surface area contributed by atoms with E-state index in [9.17, 15) is 4.79 Å². The fourth-order valence-corrected chi connectivity index (χ4v) is 2.54. The van der Waals surface area contributed by atoms with E-state index in [4.69, 9.17) is 11.2 Å². The summed E-state index contributed by atoms with van der Waals surface area (Å²) in [6, 6.07) is 17.4. The number of hydrogen-bond acceptors (Lipinski definition) is 2. The zero-order valence-corrected chi connectivity index (χ0v) is 12.2. The molecule has 2 aromatic carbocycles. The van der Waals surface area contributed by atoms with Crippen molar-refractivity contribution >= 4 is 5.91 Å². The highest BCUT2D eigenvalue weighted by molar-refractivity contribution is 5.79. The lowest BCUT2D eigenvalue weighted by Crippen LogP contribution is -2.24. The van der Waals surface area contributed by atoms with Crippen LogP contribution in [-0.4, -0.2) is 17.4 Å². The fraction of sp³-hybridized carbons (Fsp3) is 0.211. The maximum Gasteiger partial charge on any atom is 0.224 e. The third kappa shape index (κ3) is 3.29. The molecule has 1 atom stereocenters. The molecule has 0 aromatic heterocycles. The van der Waals surface area contributed by atoms with Crippen molar-refractivity contribution in [2.24, 2.45) is 5.92 Å². The maximum absolute atomic E-state index is 11.9. The molecule has 3 nitrogen and oxygen atoms in total. The SMILES string of the molecule is C#CC1CC(=O)N(Cc2ccc(Oc3ccccc3)cc2)C1. The minimum atomic E-state index is 0.0492. The van der Waals surface area contributed by atoms with Gasteiger partial charge in [-0.3, -0.25) is 4.79 Å². The van der Waals surface area contributed by atoms with Gasteiger partial charge in [-0.2, -0.15) is 0 Å². The highest BCUT2D eigenvalue weighted by Crippen LogP contribution is 2.23. The average molecular weight is 291 g/mol. The molecule has 0 saturated carbocycles. The molecule has 0 radical (unpaired) electrons. The van der Waals surface area contributed by atoms with E-state index in [2.05, 4.69) is 5.92 Å². The van der Waals surface area contributed by atoms with E-state index < -0.39 is 0 Å². The van der Waals surface area contributed by atoms with Crippen LogP contribution in [0.4, 0.5) is 0 Å². The monoisotopic (exact) mass is 291 g/mol. The van der Waals surface area contributed by atoms with Crippen molar-refractivity contribution in [3.8, 4) is 23.8 Å². The fourth-order valence-electron chi connectivity index (χ4n) is 2.54. The number of hydrogen-bond donors (Lipinski definition) is 0. The van der Waals surface area contributed by atoms with Gasteiger partial charge in [-0.25, -0.2) is 0 Å². The molecule has 22 heavy (non-hydrogen) atoms. The Labute approximate surface area is 130 Å². The Balaban J connectivity index is 1.63. The Kier molecular flexibility index (Phi) is 4.11. The highest BCUT2D eigenvalue weighted by atomic mass is 16.5. The molecule has 0 N–H and O–H groups in total. The lowest BCUT2D eigenvalue weighted by Gasteiger charge is -2.16. The van der Waals surface area contributed by atoms with Crippen molar-refractivity contribution in [3.05, 3.63) is 60.2 Å². The molecular weight excluding hydrogens is 274 g/mol. The standard InChI is InChI=1S/C19H17NO2/c1-2-15-12-19(21)20(13-15)14-16-8-10-18(11-9-16)22-17-6-4-3-5-7-17/h1,3-11,15H,12-14H2. The summed E-state index contributed by atoms with van der Waals surface area (Å²) in [5, 5.41) is 0. The van der Waals surface area contributed by atoms with Crippen molar-refractivity contribution in [3.63, 3.8) is 0 Å². The van der Waals surface area contributed by atoms with Crippen molar-refractivity contribution in [2.45, 2.75) is 13.0 Å². The number of benzene rings is 2. The lowest BCUT2D eigenvalue weighted by molar-refractivity contribution is -0.128. The molecule has 110 valence electrons. The van der Waals surface area contributed by atoms with Crippen LogP contribution in [0.25, 0.3) is 0 Å². The Morgan fingerprint density at radius 1 is 1.09 bits per heavy atom. The van der Waals surface area contributed by atoms with Crippen LogP contribution in [0.15, 0.2) is 54.6 Å². The molecule has 3 heteroatoms. The molecule has 1 heterocycles. The summed E-state index contributed by atoms with van der Waals surface area (Å²) in [6.07, 6.45) is 5.86. The van der Waals surface area contributed by atoms with Crippen LogP contribution in [0.5, 0.6) is 11.5 Å². The van der Waals surface area contributed by atoms with Crippen LogP contribution >= 0.6 is 0 Å². The molecule has 1 aliphatic rings. The summed E-state index contributed by atoms with van der Waals surface area (Å²) >= 11 is 0. The van der Waals surface area contributed by atoms with Crippen LogP contribution in [0.1, 0.15) is 12.0 Å². The number of ether oxygens (including phenoxy) is 1. The van der Waals surface area contributed by atoms with Gasteiger partial charge in [-0.05, 0) is 29.8 Å². The Morgan fingerprint density at radius 3 is 2.41 bits per heavy atom. The van der Waals surface area contributed by atoms with Crippen molar-refractivity contribution in [1.29, 1.82) is 0 Å². The van der Waals surface area contributed by atoms with E-state index in [0.717, 1.165) is 17.1 Å². The van der Waals surface area contributed by atoms with Crippen LogP contribution < -0.4 is 4.74 Å². The van der Waals surface area contributed by atoms with Gasteiger partial charge in [-0.15, -0.1) is 12.3 Å². The molecule has 3 rings (SSSR count). The Morgan fingerprint density at radius 2 is 1.77 bits per heavy atom. The second-order valence-corrected chi connectivity index (χ2v) is 5.40. The van der Waals surface area contributed by atoms with Gasteiger partial charge in [0.25, 0.3) is 0 Å². The minimum Gasteiger partial charge on any atom is -0.457 e. The molecule has 1 unspecified atom stereocenters. The predicted molar refractivity (Wildman–Crippen MR) is 85.3 cm³/mol. The van der Waals surface area contributed by atoms with Crippen LogP contribution in [-0.2, 0) is 11.3 Å². The smallest absolute Gasteiger partial charge is 0.224 e. The van der Waals surface area contributed by atoms with Gasteiger partial charge >= 0.3 is 0 Å². The van der Waals surface area contributed by atoms with E-state index in [-0.39, 0.29) is 11.8 Å². The summed E-state index contributed by atoms with van der Waals surface area (Å²) in [5.74, 6) is 4.43. The van der Waals surface area contributed by atoms with E-state index in [0.29, 0.717) is 19.5 Å². The van der Waals surface area contributed by atoms with Gasteiger partial charge in [0, 0.05) is 25.4 Å². The zero-order valence-electron chi connectivity index (χ0n) is 12.2. The summed E-state index contributed by atoms with van der Waals surface area (Å²) in [6.45, 7) is 1.25. The van der Waals surface area contributed by atoms with E-state index in [1.165, 1.54) is 0 Å². The quantitative estimate of drug-likeness (QED) is 0.807. The molecule has 0 bridgehead atoms. The third-order valence-corrected chi connectivity index (χ3v) is 3.73. The number of carbonyl (C=O) groups is 1. The second kappa shape index (κ2) is 6.36. The molecular formula is C19H17NO2. The summed E-state index contributed by atoms with van der Waals surface area (Å²) in [5.41, 5.74) is 1.08. The Hall–Kier alpha value is -2.73. The number of carbonyl (C=O) groups excluding carboxylic acids is 1. The first-order valence-electron chi connectivity index (χ1n) is 7.30. The van der Waals surface area contributed by atoms with Crippen molar-refractivity contribution < 1.29 is 9.53 Å². The molecule has 0 spiro atoms. The molecule has 1 amide bonds. The average Bonchev–Trinajstić information content (AvgIpc) is 2.90. The van der Waals surface area contributed by atoms with E-state index in [1.54, 1.807) is 0 Å². The van der Waals surface area contributed by atoms with Gasteiger partial charge < -0.3 is 9.64 Å². The normalized spacial score (nSPS) is 17.3. The minimum absolute atomic E-state index is 0.0492. The number of terminal acetylenes is 1. The second-order valence-electron chi connectivity index (χ2n) is 5.40. The number of likely N-dealkylation sites (tertiary alicyclic amines) is 1. The zero-order chi connectivity index (χ0) is 15.4. The number of rotatable bonds is 4. The number of para-hydroxylation sites is 1. The van der Waals surface area contributed by atoms with Gasteiger partial charge in [-0.1, -0.05) is 30.3 Å². The first-order valence-corrected chi connectivity index (χ1v) is 7.30. The van der Waals surface area contributed by atoms with Crippen LogP contribution in [0.2, 0.25) is 0 Å². The van der Waals surface area contributed by atoms with E-state index >= 15 is 0 Å². The highest BCUT2D eigenvalue weighted by Gasteiger charge is 2.27. The molecule has 1 fully saturated rings. The third-order valence-electron chi connectivity index (χ3n) is 3.73. The molecule has 0 aliphatic carbocycles. The van der Waals surface area contributed by atoms with Crippen molar-refractivity contribution in [1.82, 2.24) is 4.90 Å². The summed E-state index contributed by atoms with van der Waals surface area (Å²) < 4.78 is 5.75. The topological polar surface area (TPSA) is 29.5 Å². The first kappa shape index (κ1) is 14.2. The van der Waals surface area contributed by atoms with Crippen LogP contribution in [0, 0.1) is 18.3 Å². The predicted octanol–water partition coefficient (Wildman–Crippen LogP) is 3.46. The van der Waals surface area contributed by atoms with Gasteiger partial charge in [0.05, 0.1) is 0 Å². The summed E-state index contributed by atoms with van der Waals surface area (Å²) in [7, 11) is 0. The number of nitrogens with zero attached hydrogens (tertiary/aromatic N) is 1. The maximum atomic E-state index is 11.9. The summed E-state index contributed by atoms with van der Waals surface area (Å²) in [4.78, 5) is 13.7. The first-order chi connectivity index (χ1) is 10.7. The Bertz CT molecular complexity index is 686. The van der Waals surface area contributed by atoms with Gasteiger partial charge in [0.1, 0.15) is 11.5 Å². The lowest BCUT2D eigenvalue weighted by atomic mass is 10.1. The largest absolute Gasteiger partial charge is 0.457 e. The van der Waals surface area contributed by atoms with E-state index in [1.807, 2.05) is 59.5 Å². The number of amides is 1. The molecule has 2 aromatic rings. The van der Waals surface area contributed by atoms with Crippen LogP contribution in [0.3, 0.4) is 0 Å².